The molecule has 0 fully saturated rings. The molecule has 0 atom stereocenters. The Labute approximate surface area is 92.2 Å². The molecular formula is C11H13F3N2. The molecule has 1 aromatic carbocycles. The van der Waals surface area contributed by atoms with Crippen molar-refractivity contribution in [3.8, 4) is 0 Å². The number of hydrogen-bond acceptors (Lipinski definition) is 1. The average molecular weight is 230 g/mol. The van der Waals surface area contributed by atoms with Gasteiger partial charge in [-0.25, -0.2) is 13.2 Å². The average Bonchev–Trinajstić information content (AvgIpc) is 2.24. The third kappa shape index (κ3) is 2.35. The number of halogens is 3. The van der Waals surface area contributed by atoms with Crippen molar-refractivity contribution >= 4 is 5.84 Å². The van der Waals surface area contributed by atoms with Crippen molar-refractivity contribution in [1.29, 1.82) is 5.41 Å². The third-order valence-electron chi connectivity index (χ3n) is 2.33. The van der Waals surface area contributed by atoms with Gasteiger partial charge in [-0.3, -0.25) is 5.41 Å². The highest BCUT2D eigenvalue weighted by atomic mass is 19.2. The van der Waals surface area contributed by atoms with Crippen LogP contribution in [0.25, 0.3) is 0 Å². The molecule has 2 nitrogen and oxygen atoms in total. The monoisotopic (exact) mass is 230 g/mol. The molecule has 0 bridgehead atoms. The van der Waals surface area contributed by atoms with Gasteiger partial charge in [-0.1, -0.05) is 0 Å². The summed E-state index contributed by atoms with van der Waals surface area (Å²) in [6.45, 7) is 4.52. The molecule has 1 rings (SSSR count). The second-order valence-corrected chi connectivity index (χ2v) is 3.27. The highest BCUT2D eigenvalue weighted by molar-refractivity contribution is 5.96. The molecule has 1 aromatic rings. The molecule has 0 amide bonds. The van der Waals surface area contributed by atoms with Crippen molar-refractivity contribution in [2.75, 3.05) is 13.1 Å². The van der Waals surface area contributed by atoms with E-state index >= 15 is 0 Å². The number of nitrogens with one attached hydrogen (secondary N) is 1. The fraction of sp³-hybridized carbons (Fsp3) is 0.364. The molecular weight excluding hydrogens is 217 g/mol. The largest absolute Gasteiger partial charge is 0.357 e. The van der Waals surface area contributed by atoms with Crippen LogP contribution in [0.3, 0.4) is 0 Å². The lowest BCUT2D eigenvalue weighted by Gasteiger charge is -2.22. The van der Waals surface area contributed by atoms with Crippen molar-refractivity contribution in [3.63, 3.8) is 0 Å². The van der Waals surface area contributed by atoms with E-state index in [1.807, 2.05) is 0 Å². The van der Waals surface area contributed by atoms with Crippen LogP contribution in [-0.4, -0.2) is 23.8 Å². The van der Waals surface area contributed by atoms with Gasteiger partial charge in [0, 0.05) is 19.2 Å². The molecule has 5 heteroatoms. The normalized spacial score (nSPS) is 10.3. The van der Waals surface area contributed by atoms with Gasteiger partial charge >= 0.3 is 0 Å². The second kappa shape index (κ2) is 5.01. The first-order valence-electron chi connectivity index (χ1n) is 4.99. The summed E-state index contributed by atoms with van der Waals surface area (Å²) in [7, 11) is 0. The Morgan fingerprint density at radius 2 is 1.75 bits per heavy atom. The molecule has 0 aliphatic carbocycles. The van der Waals surface area contributed by atoms with E-state index in [4.69, 9.17) is 5.41 Å². The predicted molar refractivity (Wildman–Crippen MR) is 56.1 cm³/mol. The van der Waals surface area contributed by atoms with Gasteiger partial charge in [0.1, 0.15) is 11.7 Å². The van der Waals surface area contributed by atoms with Crippen molar-refractivity contribution in [2.24, 2.45) is 0 Å². The van der Waals surface area contributed by atoms with E-state index in [2.05, 4.69) is 0 Å². The summed E-state index contributed by atoms with van der Waals surface area (Å²) in [5.41, 5.74) is -0.346. The Morgan fingerprint density at radius 1 is 1.19 bits per heavy atom. The van der Waals surface area contributed by atoms with Crippen LogP contribution in [0.2, 0.25) is 0 Å². The molecule has 0 aromatic heterocycles. The molecule has 0 aliphatic heterocycles. The smallest absolute Gasteiger partial charge is 0.169 e. The lowest BCUT2D eigenvalue weighted by atomic mass is 10.1. The van der Waals surface area contributed by atoms with Crippen molar-refractivity contribution in [2.45, 2.75) is 13.8 Å². The fourth-order valence-corrected chi connectivity index (χ4v) is 1.44. The first-order chi connectivity index (χ1) is 7.51. The first kappa shape index (κ1) is 12.5. The summed E-state index contributed by atoms with van der Waals surface area (Å²) in [5, 5.41) is 7.67. The molecule has 0 unspecified atom stereocenters. The number of amidine groups is 1. The summed E-state index contributed by atoms with van der Waals surface area (Å²) in [6.07, 6.45) is 0. The topological polar surface area (TPSA) is 27.1 Å². The summed E-state index contributed by atoms with van der Waals surface area (Å²) in [4.78, 5) is 1.51. The van der Waals surface area contributed by atoms with Gasteiger partial charge in [0.05, 0.1) is 5.56 Å². The Hall–Kier alpha value is -1.52. The van der Waals surface area contributed by atoms with Crippen LogP contribution in [0.5, 0.6) is 0 Å². The molecule has 0 saturated carbocycles. The van der Waals surface area contributed by atoms with Gasteiger partial charge in [0.25, 0.3) is 0 Å². The van der Waals surface area contributed by atoms with E-state index in [0.29, 0.717) is 19.2 Å². The number of benzene rings is 1. The van der Waals surface area contributed by atoms with Gasteiger partial charge in [0.2, 0.25) is 0 Å². The minimum Gasteiger partial charge on any atom is -0.357 e. The lowest BCUT2D eigenvalue weighted by Crippen LogP contribution is -2.31. The first-order valence-corrected chi connectivity index (χ1v) is 4.99. The zero-order valence-corrected chi connectivity index (χ0v) is 9.15. The van der Waals surface area contributed by atoms with Crippen LogP contribution in [0.15, 0.2) is 12.1 Å². The van der Waals surface area contributed by atoms with E-state index in [0.717, 1.165) is 6.07 Å². The number of hydrogen-bond donors (Lipinski definition) is 1. The van der Waals surface area contributed by atoms with E-state index in [-0.39, 0.29) is 11.4 Å². The third-order valence-corrected chi connectivity index (χ3v) is 2.33. The van der Waals surface area contributed by atoms with Crippen LogP contribution in [-0.2, 0) is 0 Å². The number of rotatable bonds is 3. The second-order valence-electron chi connectivity index (χ2n) is 3.27. The highest BCUT2D eigenvalue weighted by Crippen LogP contribution is 2.16. The Morgan fingerprint density at radius 3 is 2.25 bits per heavy atom. The van der Waals surface area contributed by atoms with Crippen LogP contribution < -0.4 is 0 Å². The van der Waals surface area contributed by atoms with Crippen LogP contribution >= 0.6 is 0 Å². The van der Waals surface area contributed by atoms with Gasteiger partial charge in [-0.15, -0.1) is 0 Å². The van der Waals surface area contributed by atoms with E-state index in [9.17, 15) is 13.2 Å². The quantitative estimate of drug-likeness (QED) is 0.482. The summed E-state index contributed by atoms with van der Waals surface area (Å²) < 4.78 is 39.2. The summed E-state index contributed by atoms with van der Waals surface area (Å²) >= 11 is 0. The molecule has 0 heterocycles. The maximum absolute atomic E-state index is 13.4. The van der Waals surface area contributed by atoms with E-state index in [1.54, 1.807) is 13.8 Å². The van der Waals surface area contributed by atoms with Gasteiger partial charge < -0.3 is 4.90 Å². The minimum atomic E-state index is -1.27. The van der Waals surface area contributed by atoms with Gasteiger partial charge in [-0.2, -0.15) is 0 Å². The Kier molecular flexibility index (Phi) is 3.93. The minimum absolute atomic E-state index is 0.207. The van der Waals surface area contributed by atoms with Crippen molar-refractivity contribution in [3.05, 3.63) is 35.1 Å². The Balaban J connectivity index is 3.17. The van der Waals surface area contributed by atoms with Crippen LogP contribution in [0.1, 0.15) is 19.4 Å². The molecule has 1 N–H and O–H groups in total. The van der Waals surface area contributed by atoms with Crippen LogP contribution in [0, 0.1) is 22.9 Å². The van der Waals surface area contributed by atoms with E-state index < -0.39 is 17.5 Å². The fourth-order valence-electron chi connectivity index (χ4n) is 1.44. The maximum atomic E-state index is 13.4. The molecule has 0 radical (unpaired) electrons. The summed E-state index contributed by atoms with van der Waals surface area (Å²) in [5.74, 6) is -3.54. The summed E-state index contributed by atoms with van der Waals surface area (Å²) in [6, 6.07) is 1.30. The van der Waals surface area contributed by atoms with Gasteiger partial charge in [-0.05, 0) is 19.9 Å². The highest BCUT2D eigenvalue weighted by Gasteiger charge is 2.17. The van der Waals surface area contributed by atoms with Gasteiger partial charge in [0.15, 0.2) is 11.6 Å². The molecule has 0 spiro atoms. The predicted octanol–water partition coefficient (Wildman–Crippen LogP) is 2.77. The lowest BCUT2D eigenvalue weighted by molar-refractivity contribution is 0.452. The molecule has 88 valence electrons. The molecule has 0 saturated heterocycles. The van der Waals surface area contributed by atoms with Crippen molar-refractivity contribution in [1.82, 2.24) is 4.90 Å². The molecule has 16 heavy (non-hydrogen) atoms. The standard InChI is InChI=1S/C11H13F3N2/c1-3-16(4-2)11(15)8-5-7(12)6-9(13)10(8)14/h5-6,15H,3-4H2,1-2H3. The maximum Gasteiger partial charge on any atom is 0.169 e. The zero-order valence-electron chi connectivity index (χ0n) is 9.15. The molecule has 0 aliphatic rings. The van der Waals surface area contributed by atoms with Crippen LogP contribution in [0.4, 0.5) is 13.2 Å². The van der Waals surface area contributed by atoms with Crippen molar-refractivity contribution < 1.29 is 13.2 Å². The number of nitrogens with zero attached hydrogens (tertiary/aromatic N) is 1. The zero-order chi connectivity index (χ0) is 12.3. The Bertz CT molecular complexity index is 400. The SMILES string of the molecule is CCN(CC)C(=N)c1cc(F)cc(F)c1F. The van der Waals surface area contributed by atoms with E-state index in [1.165, 1.54) is 4.90 Å².